The van der Waals surface area contributed by atoms with Crippen molar-refractivity contribution in [1.29, 1.82) is 0 Å². The van der Waals surface area contributed by atoms with Crippen LogP contribution in [0.5, 0.6) is 0 Å². The van der Waals surface area contributed by atoms with Crippen molar-refractivity contribution in [3.05, 3.63) is 35.1 Å². The van der Waals surface area contributed by atoms with Gasteiger partial charge in [0.15, 0.2) is 0 Å². The van der Waals surface area contributed by atoms with E-state index < -0.39 is 5.82 Å². The van der Waals surface area contributed by atoms with Crippen molar-refractivity contribution in [3.8, 4) is 11.8 Å². The van der Waals surface area contributed by atoms with Crippen LogP contribution in [0.25, 0.3) is 0 Å². The average Bonchev–Trinajstić information content (AvgIpc) is 2.46. The number of piperazine rings is 1. The zero-order valence-electron chi connectivity index (χ0n) is 11.4. The number of aliphatic hydroxyl groups is 1. The predicted molar refractivity (Wildman–Crippen MR) is 73.8 cm³/mol. The fourth-order valence-corrected chi connectivity index (χ4v) is 2.08. The Balaban J connectivity index is 2.13. The monoisotopic (exact) mass is 276 g/mol. The molecule has 0 unspecified atom stereocenters. The van der Waals surface area contributed by atoms with Crippen LogP contribution in [0.15, 0.2) is 18.2 Å². The summed E-state index contributed by atoms with van der Waals surface area (Å²) in [5, 5.41) is 8.59. The molecule has 1 heterocycles. The van der Waals surface area contributed by atoms with E-state index in [9.17, 15) is 9.18 Å². The summed E-state index contributed by atoms with van der Waals surface area (Å²) >= 11 is 0. The van der Waals surface area contributed by atoms with E-state index in [1.54, 1.807) is 11.0 Å². The fraction of sp³-hybridized carbons (Fsp3) is 0.400. The first-order valence-electron chi connectivity index (χ1n) is 6.49. The molecule has 1 fully saturated rings. The number of likely N-dealkylation sites (N-methyl/N-ethyl adjacent to an activating group) is 1. The fourth-order valence-electron chi connectivity index (χ4n) is 2.08. The van der Waals surface area contributed by atoms with E-state index in [1.807, 2.05) is 7.05 Å². The third-order valence-electron chi connectivity index (χ3n) is 3.31. The summed E-state index contributed by atoms with van der Waals surface area (Å²) in [7, 11) is 2.01. The quantitative estimate of drug-likeness (QED) is 0.762. The molecule has 1 saturated heterocycles. The lowest BCUT2D eigenvalue weighted by molar-refractivity contribution is 0.0663. The second-order valence-corrected chi connectivity index (χ2v) is 4.75. The van der Waals surface area contributed by atoms with Gasteiger partial charge in [-0.2, -0.15) is 0 Å². The zero-order valence-corrected chi connectivity index (χ0v) is 11.4. The van der Waals surface area contributed by atoms with Crippen molar-refractivity contribution in [3.63, 3.8) is 0 Å². The Hall–Kier alpha value is -1.90. The molecule has 1 aromatic carbocycles. The molecule has 1 aliphatic heterocycles. The number of nitrogens with zero attached hydrogens (tertiary/aromatic N) is 2. The van der Waals surface area contributed by atoms with Crippen molar-refractivity contribution < 1.29 is 14.3 Å². The molecule has 1 amide bonds. The van der Waals surface area contributed by atoms with Crippen LogP contribution >= 0.6 is 0 Å². The summed E-state index contributed by atoms with van der Waals surface area (Å²) in [5.41, 5.74) is 0.524. The van der Waals surface area contributed by atoms with Crippen LogP contribution in [0.4, 0.5) is 4.39 Å². The molecular formula is C15H17FN2O2. The van der Waals surface area contributed by atoms with Crippen molar-refractivity contribution in [2.75, 3.05) is 39.8 Å². The minimum Gasteiger partial charge on any atom is -0.384 e. The van der Waals surface area contributed by atoms with Gasteiger partial charge in [0.25, 0.3) is 5.91 Å². The van der Waals surface area contributed by atoms with Gasteiger partial charge in [0, 0.05) is 31.7 Å². The van der Waals surface area contributed by atoms with Crippen molar-refractivity contribution in [2.24, 2.45) is 0 Å². The van der Waals surface area contributed by atoms with E-state index in [1.165, 1.54) is 12.1 Å². The molecule has 1 aromatic rings. The van der Waals surface area contributed by atoms with Crippen LogP contribution in [0, 0.1) is 17.7 Å². The van der Waals surface area contributed by atoms with Crippen LogP contribution in [0.2, 0.25) is 0 Å². The minimum absolute atomic E-state index is 0.154. The largest absolute Gasteiger partial charge is 0.384 e. The Kier molecular flexibility index (Phi) is 4.72. The van der Waals surface area contributed by atoms with Gasteiger partial charge in [0.05, 0.1) is 5.56 Å². The number of rotatable bonds is 1. The van der Waals surface area contributed by atoms with Gasteiger partial charge in [0.2, 0.25) is 0 Å². The molecule has 1 N–H and O–H groups in total. The molecule has 106 valence electrons. The highest BCUT2D eigenvalue weighted by Crippen LogP contribution is 2.13. The molecule has 0 spiro atoms. The standard InChI is InChI=1S/C15H17FN2O2/c1-17-6-8-18(9-7-17)15(20)13-5-4-12(3-2-10-19)14(16)11-13/h4-5,11,19H,6-10H2,1H3. The van der Waals surface area contributed by atoms with Crippen LogP contribution in [0.1, 0.15) is 15.9 Å². The molecule has 0 bridgehead atoms. The van der Waals surface area contributed by atoms with Crippen LogP contribution in [0.3, 0.4) is 0 Å². The smallest absolute Gasteiger partial charge is 0.254 e. The highest BCUT2D eigenvalue weighted by molar-refractivity contribution is 5.94. The van der Waals surface area contributed by atoms with Gasteiger partial charge in [-0.3, -0.25) is 4.79 Å². The Morgan fingerprint density at radius 2 is 2.05 bits per heavy atom. The maximum Gasteiger partial charge on any atom is 0.254 e. The molecule has 20 heavy (non-hydrogen) atoms. The number of benzene rings is 1. The topological polar surface area (TPSA) is 43.8 Å². The maximum atomic E-state index is 13.8. The number of hydrogen-bond donors (Lipinski definition) is 1. The zero-order chi connectivity index (χ0) is 14.5. The highest BCUT2D eigenvalue weighted by atomic mass is 19.1. The summed E-state index contributed by atoms with van der Waals surface area (Å²) in [6, 6.07) is 4.26. The van der Waals surface area contributed by atoms with E-state index in [0.717, 1.165) is 13.1 Å². The van der Waals surface area contributed by atoms with Crippen molar-refractivity contribution in [2.45, 2.75) is 0 Å². The number of aliphatic hydroxyl groups excluding tert-OH is 1. The Morgan fingerprint density at radius 3 is 2.65 bits per heavy atom. The average molecular weight is 276 g/mol. The Bertz CT molecular complexity index is 555. The van der Waals surface area contributed by atoms with Gasteiger partial charge in [-0.15, -0.1) is 0 Å². The number of hydrogen-bond acceptors (Lipinski definition) is 3. The number of carbonyl (C=O) groups is 1. The lowest BCUT2D eigenvalue weighted by Gasteiger charge is -2.32. The van der Waals surface area contributed by atoms with E-state index in [-0.39, 0.29) is 18.1 Å². The molecule has 0 aromatic heterocycles. The molecule has 0 atom stereocenters. The van der Waals surface area contributed by atoms with Gasteiger partial charge >= 0.3 is 0 Å². The predicted octanol–water partition coefficient (Wildman–Crippen LogP) is 0.557. The van der Waals surface area contributed by atoms with Gasteiger partial charge in [-0.1, -0.05) is 11.8 Å². The van der Waals surface area contributed by atoms with E-state index in [2.05, 4.69) is 16.7 Å². The summed E-state index contributed by atoms with van der Waals surface area (Å²) < 4.78 is 13.8. The molecule has 5 heteroatoms. The maximum absolute atomic E-state index is 13.8. The van der Waals surface area contributed by atoms with E-state index in [0.29, 0.717) is 18.7 Å². The molecule has 0 saturated carbocycles. The summed E-state index contributed by atoms with van der Waals surface area (Å²) in [4.78, 5) is 16.1. The first-order valence-corrected chi connectivity index (χ1v) is 6.49. The number of carbonyl (C=O) groups excluding carboxylic acids is 1. The third-order valence-corrected chi connectivity index (χ3v) is 3.31. The van der Waals surface area contributed by atoms with Crippen molar-refractivity contribution >= 4 is 5.91 Å². The summed E-state index contributed by atoms with van der Waals surface area (Å²) in [6.45, 7) is 2.65. The first-order chi connectivity index (χ1) is 9.61. The molecular weight excluding hydrogens is 259 g/mol. The molecule has 0 radical (unpaired) electrons. The molecule has 0 aliphatic carbocycles. The Labute approximate surface area is 117 Å². The second kappa shape index (κ2) is 6.51. The lowest BCUT2D eigenvalue weighted by atomic mass is 10.1. The second-order valence-electron chi connectivity index (χ2n) is 4.75. The molecule has 1 aliphatic rings. The number of halogens is 1. The molecule has 4 nitrogen and oxygen atoms in total. The van der Waals surface area contributed by atoms with Gasteiger partial charge in [-0.25, -0.2) is 4.39 Å². The van der Waals surface area contributed by atoms with Crippen LogP contribution in [-0.4, -0.2) is 60.6 Å². The van der Waals surface area contributed by atoms with Crippen LogP contribution in [-0.2, 0) is 0 Å². The first kappa shape index (κ1) is 14.5. The highest BCUT2D eigenvalue weighted by Gasteiger charge is 2.20. The van der Waals surface area contributed by atoms with Gasteiger partial charge < -0.3 is 14.9 Å². The van der Waals surface area contributed by atoms with E-state index >= 15 is 0 Å². The minimum atomic E-state index is -0.536. The Morgan fingerprint density at radius 1 is 1.35 bits per heavy atom. The summed E-state index contributed by atoms with van der Waals surface area (Å²) in [6.07, 6.45) is 0. The van der Waals surface area contributed by atoms with Gasteiger partial charge in [-0.05, 0) is 25.2 Å². The lowest BCUT2D eigenvalue weighted by Crippen LogP contribution is -2.47. The SMILES string of the molecule is CN1CCN(C(=O)c2ccc(C#CCO)c(F)c2)CC1. The number of amides is 1. The van der Waals surface area contributed by atoms with Crippen molar-refractivity contribution in [1.82, 2.24) is 9.80 Å². The summed E-state index contributed by atoms with van der Waals surface area (Å²) in [5.74, 6) is 4.20. The molecule has 2 rings (SSSR count). The van der Waals surface area contributed by atoms with E-state index in [4.69, 9.17) is 5.11 Å². The normalized spacial score (nSPS) is 15.7. The third kappa shape index (κ3) is 3.35. The van der Waals surface area contributed by atoms with Gasteiger partial charge in [0.1, 0.15) is 12.4 Å². The van der Waals surface area contributed by atoms with Crippen LogP contribution < -0.4 is 0 Å².